The van der Waals surface area contributed by atoms with E-state index in [-0.39, 0.29) is 0 Å². The van der Waals surface area contributed by atoms with Crippen molar-refractivity contribution in [2.24, 2.45) is 5.92 Å². The summed E-state index contributed by atoms with van der Waals surface area (Å²) in [6.07, 6.45) is 2.95. The quantitative estimate of drug-likeness (QED) is 0.772. The Morgan fingerprint density at radius 3 is 2.79 bits per heavy atom. The molecule has 0 aliphatic carbocycles. The number of nitrogens with two attached hydrogens (primary N) is 1. The third-order valence-electron chi connectivity index (χ3n) is 2.17. The SMILES string of the molecule is Cc1cnc(NCCC(C)C)cc1N. The number of aryl methyl sites for hydroxylation is 1. The molecule has 0 spiro atoms. The highest BCUT2D eigenvalue weighted by molar-refractivity contribution is 5.53. The van der Waals surface area contributed by atoms with Crippen molar-refractivity contribution in [1.82, 2.24) is 4.98 Å². The van der Waals surface area contributed by atoms with Crippen LogP contribution in [0.2, 0.25) is 0 Å². The smallest absolute Gasteiger partial charge is 0.127 e. The van der Waals surface area contributed by atoms with Crippen LogP contribution < -0.4 is 11.1 Å². The van der Waals surface area contributed by atoms with Gasteiger partial charge in [0.25, 0.3) is 0 Å². The molecule has 1 rings (SSSR count). The van der Waals surface area contributed by atoms with Crippen molar-refractivity contribution in [3.05, 3.63) is 17.8 Å². The van der Waals surface area contributed by atoms with E-state index >= 15 is 0 Å². The maximum Gasteiger partial charge on any atom is 0.127 e. The lowest BCUT2D eigenvalue weighted by molar-refractivity contribution is 0.606. The van der Waals surface area contributed by atoms with Gasteiger partial charge in [0.2, 0.25) is 0 Å². The first kappa shape index (κ1) is 10.8. The Bertz CT molecular complexity index is 295. The van der Waals surface area contributed by atoms with Crippen LogP contribution in [-0.4, -0.2) is 11.5 Å². The maximum atomic E-state index is 5.77. The van der Waals surface area contributed by atoms with Crippen LogP contribution in [-0.2, 0) is 0 Å². The lowest BCUT2D eigenvalue weighted by Crippen LogP contribution is -2.06. The summed E-state index contributed by atoms with van der Waals surface area (Å²) in [5.41, 5.74) is 7.60. The molecule has 1 aromatic heterocycles. The summed E-state index contributed by atoms with van der Waals surface area (Å²) >= 11 is 0. The summed E-state index contributed by atoms with van der Waals surface area (Å²) in [7, 11) is 0. The Labute approximate surface area is 85.7 Å². The van der Waals surface area contributed by atoms with Crippen LogP contribution in [0.15, 0.2) is 12.3 Å². The molecule has 1 heterocycles. The van der Waals surface area contributed by atoms with Gasteiger partial charge in [-0.1, -0.05) is 13.8 Å². The zero-order chi connectivity index (χ0) is 10.6. The van der Waals surface area contributed by atoms with E-state index in [1.165, 1.54) is 0 Å². The van der Waals surface area contributed by atoms with Gasteiger partial charge in [-0.25, -0.2) is 4.98 Å². The van der Waals surface area contributed by atoms with E-state index in [0.717, 1.165) is 30.0 Å². The molecule has 0 fully saturated rings. The van der Waals surface area contributed by atoms with Gasteiger partial charge in [-0.3, -0.25) is 0 Å². The van der Waals surface area contributed by atoms with Crippen molar-refractivity contribution in [2.45, 2.75) is 27.2 Å². The molecule has 14 heavy (non-hydrogen) atoms. The second-order valence-electron chi connectivity index (χ2n) is 4.04. The molecule has 0 bridgehead atoms. The Kier molecular flexibility index (Phi) is 3.74. The zero-order valence-corrected chi connectivity index (χ0v) is 9.17. The van der Waals surface area contributed by atoms with Gasteiger partial charge in [0, 0.05) is 24.5 Å². The van der Waals surface area contributed by atoms with Crippen molar-refractivity contribution >= 4 is 11.5 Å². The topological polar surface area (TPSA) is 50.9 Å². The zero-order valence-electron chi connectivity index (χ0n) is 9.17. The number of nitrogens with zero attached hydrogens (tertiary/aromatic N) is 1. The monoisotopic (exact) mass is 193 g/mol. The number of rotatable bonds is 4. The van der Waals surface area contributed by atoms with E-state index in [2.05, 4.69) is 24.1 Å². The van der Waals surface area contributed by atoms with Crippen LogP contribution in [0.1, 0.15) is 25.8 Å². The van der Waals surface area contributed by atoms with Crippen molar-refractivity contribution in [3.8, 4) is 0 Å². The van der Waals surface area contributed by atoms with Gasteiger partial charge in [-0.05, 0) is 24.8 Å². The number of hydrogen-bond acceptors (Lipinski definition) is 3. The van der Waals surface area contributed by atoms with Crippen LogP contribution in [0.5, 0.6) is 0 Å². The summed E-state index contributed by atoms with van der Waals surface area (Å²) in [5.74, 6) is 1.58. The van der Waals surface area contributed by atoms with Crippen molar-refractivity contribution in [3.63, 3.8) is 0 Å². The van der Waals surface area contributed by atoms with Gasteiger partial charge >= 0.3 is 0 Å². The number of nitrogens with one attached hydrogen (secondary N) is 1. The van der Waals surface area contributed by atoms with Gasteiger partial charge in [-0.15, -0.1) is 0 Å². The number of pyridine rings is 1. The molecule has 1 aromatic rings. The second kappa shape index (κ2) is 4.84. The first-order valence-electron chi connectivity index (χ1n) is 5.05. The normalized spacial score (nSPS) is 10.6. The molecule has 0 aromatic carbocycles. The Morgan fingerprint density at radius 2 is 2.21 bits per heavy atom. The Balaban J connectivity index is 2.47. The molecule has 0 atom stereocenters. The largest absolute Gasteiger partial charge is 0.398 e. The number of nitrogen functional groups attached to an aromatic ring is 1. The van der Waals surface area contributed by atoms with E-state index in [0.29, 0.717) is 5.92 Å². The summed E-state index contributed by atoms with van der Waals surface area (Å²) < 4.78 is 0. The van der Waals surface area contributed by atoms with Crippen molar-refractivity contribution in [1.29, 1.82) is 0 Å². The summed E-state index contributed by atoms with van der Waals surface area (Å²) in [4.78, 5) is 4.24. The molecule has 0 amide bonds. The molecule has 0 aliphatic rings. The molecular formula is C11H19N3. The van der Waals surface area contributed by atoms with E-state index in [9.17, 15) is 0 Å². The van der Waals surface area contributed by atoms with Gasteiger partial charge in [0.15, 0.2) is 0 Å². The number of anilines is 2. The van der Waals surface area contributed by atoms with Crippen LogP contribution in [0.3, 0.4) is 0 Å². The Hall–Kier alpha value is -1.25. The lowest BCUT2D eigenvalue weighted by atomic mass is 10.1. The fraction of sp³-hybridized carbons (Fsp3) is 0.545. The molecular weight excluding hydrogens is 174 g/mol. The predicted octanol–water partition coefficient (Wildman–Crippen LogP) is 2.43. The van der Waals surface area contributed by atoms with Crippen LogP contribution in [0.25, 0.3) is 0 Å². The first-order chi connectivity index (χ1) is 6.59. The molecule has 3 N–H and O–H groups in total. The molecule has 0 saturated heterocycles. The summed E-state index contributed by atoms with van der Waals surface area (Å²) in [5, 5.41) is 3.25. The minimum atomic E-state index is 0.713. The predicted molar refractivity (Wildman–Crippen MR) is 61.3 cm³/mol. The fourth-order valence-electron chi connectivity index (χ4n) is 1.12. The molecule has 0 aliphatic heterocycles. The van der Waals surface area contributed by atoms with Crippen LogP contribution in [0.4, 0.5) is 11.5 Å². The highest BCUT2D eigenvalue weighted by atomic mass is 15.0. The molecule has 0 unspecified atom stereocenters. The highest BCUT2D eigenvalue weighted by Gasteiger charge is 1.98. The molecule has 3 heteroatoms. The standard InChI is InChI=1S/C11H19N3/c1-8(2)4-5-13-11-6-10(12)9(3)7-14-11/h6-8H,4-5H2,1-3H3,(H3,12,13,14). The van der Waals surface area contributed by atoms with Gasteiger partial charge < -0.3 is 11.1 Å². The van der Waals surface area contributed by atoms with Gasteiger partial charge in [0.1, 0.15) is 5.82 Å². The van der Waals surface area contributed by atoms with Crippen molar-refractivity contribution < 1.29 is 0 Å². The maximum absolute atomic E-state index is 5.77. The highest BCUT2D eigenvalue weighted by Crippen LogP contribution is 2.13. The van der Waals surface area contributed by atoms with E-state index in [1.54, 1.807) is 6.20 Å². The van der Waals surface area contributed by atoms with Crippen LogP contribution in [0, 0.1) is 12.8 Å². The van der Waals surface area contributed by atoms with Crippen LogP contribution >= 0.6 is 0 Å². The minimum absolute atomic E-state index is 0.713. The molecule has 0 radical (unpaired) electrons. The minimum Gasteiger partial charge on any atom is -0.398 e. The van der Waals surface area contributed by atoms with Gasteiger partial charge in [-0.2, -0.15) is 0 Å². The Morgan fingerprint density at radius 1 is 1.50 bits per heavy atom. The third kappa shape index (κ3) is 3.24. The summed E-state index contributed by atoms with van der Waals surface area (Å²) in [6.45, 7) is 7.32. The van der Waals surface area contributed by atoms with E-state index in [1.807, 2.05) is 13.0 Å². The molecule has 3 nitrogen and oxygen atoms in total. The lowest BCUT2D eigenvalue weighted by Gasteiger charge is -2.08. The van der Waals surface area contributed by atoms with E-state index < -0.39 is 0 Å². The average Bonchev–Trinajstić information content (AvgIpc) is 2.10. The fourth-order valence-corrected chi connectivity index (χ4v) is 1.12. The molecule has 0 saturated carbocycles. The summed E-state index contributed by atoms with van der Waals surface area (Å²) in [6, 6.07) is 1.88. The van der Waals surface area contributed by atoms with Crippen molar-refractivity contribution in [2.75, 3.05) is 17.6 Å². The third-order valence-corrected chi connectivity index (χ3v) is 2.17. The molecule has 78 valence electrons. The van der Waals surface area contributed by atoms with E-state index in [4.69, 9.17) is 5.73 Å². The number of aromatic nitrogens is 1. The second-order valence-corrected chi connectivity index (χ2v) is 4.04. The average molecular weight is 193 g/mol. The first-order valence-corrected chi connectivity index (χ1v) is 5.05. The number of hydrogen-bond donors (Lipinski definition) is 2. The van der Waals surface area contributed by atoms with Gasteiger partial charge in [0.05, 0.1) is 0 Å².